The molecular weight excluding hydrogens is 365 g/mol. The Hall–Kier alpha value is -2.15. The van der Waals surface area contributed by atoms with Crippen molar-refractivity contribution >= 4 is 40.5 Å². The molecule has 0 spiro atoms. The van der Waals surface area contributed by atoms with E-state index < -0.39 is 4.92 Å². The Morgan fingerprint density at radius 3 is 2.56 bits per heavy atom. The number of nitrogens with one attached hydrogen (secondary N) is 2. The molecule has 132 valence electrons. The fourth-order valence-electron chi connectivity index (χ4n) is 2.39. The van der Waals surface area contributed by atoms with Gasteiger partial charge in [0, 0.05) is 17.7 Å². The molecule has 0 aliphatic carbocycles. The molecule has 0 saturated heterocycles. The Kier molecular flexibility index (Phi) is 6.36. The van der Waals surface area contributed by atoms with Crippen LogP contribution in [0.25, 0.3) is 0 Å². The molecule has 1 amide bonds. The second kappa shape index (κ2) is 8.29. The summed E-state index contributed by atoms with van der Waals surface area (Å²) in [5.41, 5.74) is 2.12. The topological polar surface area (TPSA) is 76.7 Å². The maximum absolute atomic E-state index is 12.2. The summed E-state index contributed by atoms with van der Waals surface area (Å²) in [5, 5.41) is 14.5. The second-order valence-corrected chi connectivity index (χ2v) is 6.68. The molecular formula is C17H18Cl2N3O3+. The number of likely N-dealkylation sites (N-methyl/N-ethyl adjacent to an activating group) is 1. The molecule has 2 aromatic carbocycles. The zero-order valence-corrected chi connectivity index (χ0v) is 15.3. The van der Waals surface area contributed by atoms with E-state index in [1.165, 1.54) is 12.1 Å². The number of amides is 1. The van der Waals surface area contributed by atoms with Gasteiger partial charge < -0.3 is 10.2 Å². The van der Waals surface area contributed by atoms with E-state index in [2.05, 4.69) is 5.32 Å². The Labute approximate surface area is 155 Å². The van der Waals surface area contributed by atoms with E-state index in [1.807, 2.05) is 13.1 Å². The van der Waals surface area contributed by atoms with Crippen LogP contribution in [0, 0.1) is 17.0 Å². The number of quaternary nitrogens is 1. The molecule has 2 aromatic rings. The van der Waals surface area contributed by atoms with E-state index in [1.54, 1.807) is 25.1 Å². The van der Waals surface area contributed by atoms with Crippen molar-refractivity contribution in [2.24, 2.45) is 0 Å². The predicted octanol–water partition coefficient (Wildman–Crippen LogP) is 2.86. The molecule has 1 unspecified atom stereocenters. The third-order valence-electron chi connectivity index (χ3n) is 3.66. The predicted molar refractivity (Wildman–Crippen MR) is 98.4 cm³/mol. The standard InChI is InChI=1S/C17H17Cl2N3O3/c1-11-3-5-13(22(24)25)8-16(11)20-17(23)10-21(2)9-12-4-6-14(18)15(19)7-12/h3-8H,9-10H2,1-2H3,(H,20,23)/p+1. The molecule has 0 aliphatic rings. The van der Waals surface area contributed by atoms with Gasteiger partial charge >= 0.3 is 0 Å². The monoisotopic (exact) mass is 382 g/mol. The first-order valence-corrected chi connectivity index (χ1v) is 8.32. The quantitative estimate of drug-likeness (QED) is 0.595. The van der Waals surface area contributed by atoms with Crippen molar-refractivity contribution < 1.29 is 14.6 Å². The minimum atomic E-state index is -0.489. The largest absolute Gasteiger partial charge is 0.326 e. The third-order valence-corrected chi connectivity index (χ3v) is 4.40. The lowest BCUT2D eigenvalue weighted by Crippen LogP contribution is -3.08. The molecule has 0 heterocycles. The van der Waals surface area contributed by atoms with E-state index in [0.29, 0.717) is 22.3 Å². The minimum Gasteiger partial charge on any atom is -0.326 e. The normalized spacial score (nSPS) is 11.8. The second-order valence-electron chi connectivity index (χ2n) is 5.86. The van der Waals surface area contributed by atoms with Gasteiger partial charge in [-0.3, -0.25) is 14.9 Å². The number of nitro benzene ring substituents is 1. The van der Waals surface area contributed by atoms with Gasteiger partial charge in [0.15, 0.2) is 6.54 Å². The fourth-order valence-corrected chi connectivity index (χ4v) is 2.71. The summed E-state index contributed by atoms with van der Waals surface area (Å²) in [6.45, 7) is 2.59. The van der Waals surface area contributed by atoms with Crippen molar-refractivity contribution in [2.75, 3.05) is 18.9 Å². The summed E-state index contributed by atoms with van der Waals surface area (Å²) in [6.07, 6.45) is 0. The molecule has 0 radical (unpaired) electrons. The Morgan fingerprint density at radius 1 is 1.20 bits per heavy atom. The number of rotatable bonds is 6. The maximum atomic E-state index is 12.2. The van der Waals surface area contributed by atoms with Gasteiger partial charge in [0.2, 0.25) is 0 Å². The zero-order valence-electron chi connectivity index (χ0n) is 13.8. The maximum Gasteiger partial charge on any atom is 0.279 e. The van der Waals surface area contributed by atoms with Crippen LogP contribution in [0.5, 0.6) is 0 Å². The minimum absolute atomic E-state index is 0.0580. The number of nitro groups is 1. The van der Waals surface area contributed by atoms with Crippen molar-refractivity contribution in [2.45, 2.75) is 13.5 Å². The lowest BCUT2D eigenvalue weighted by atomic mass is 10.2. The number of benzene rings is 2. The molecule has 2 rings (SSSR count). The van der Waals surface area contributed by atoms with E-state index in [-0.39, 0.29) is 18.1 Å². The molecule has 25 heavy (non-hydrogen) atoms. The molecule has 6 nitrogen and oxygen atoms in total. The van der Waals surface area contributed by atoms with Crippen LogP contribution in [0.1, 0.15) is 11.1 Å². The van der Waals surface area contributed by atoms with Gasteiger partial charge in [-0.25, -0.2) is 0 Å². The highest BCUT2D eigenvalue weighted by Gasteiger charge is 2.15. The van der Waals surface area contributed by atoms with Crippen molar-refractivity contribution in [1.29, 1.82) is 0 Å². The molecule has 8 heteroatoms. The van der Waals surface area contributed by atoms with Gasteiger partial charge in [-0.05, 0) is 24.6 Å². The highest BCUT2D eigenvalue weighted by atomic mass is 35.5. The molecule has 0 saturated carbocycles. The third kappa shape index (κ3) is 5.42. The van der Waals surface area contributed by atoms with Gasteiger partial charge in [0.25, 0.3) is 11.6 Å². The van der Waals surface area contributed by atoms with Crippen molar-refractivity contribution in [3.8, 4) is 0 Å². The van der Waals surface area contributed by atoms with Crippen LogP contribution in [0.4, 0.5) is 11.4 Å². The van der Waals surface area contributed by atoms with Crippen molar-refractivity contribution in [1.82, 2.24) is 0 Å². The van der Waals surface area contributed by atoms with Crippen LogP contribution < -0.4 is 10.2 Å². The van der Waals surface area contributed by atoms with E-state index in [9.17, 15) is 14.9 Å². The molecule has 0 aliphatic heterocycles. The first-order chi connectivity index (χ1) is 11.8. The first-order valence-electron chi connectivity index (χ1n) is 7.56. The van der Waals surface area contributed by atoms with E-state index in [4.69, 9.17) is 23.2 Å². The Balaban J connectivity index is 1.98. The van der Waals surface area contributed by atoms with Crippen LogP contribution >= 0.6 is 23.2 Å². The van der Waals surface area contributed by atoms with Crippen molar-refractivity contribution in [3.05, 3.63) is 67.7 Å². The van der Waals surface area contributed by atoms with Gasteiger partial charge in [0.1, 0.15) is 6.54 Å². The number of carbonyl (C=O) groups excluding carboxylic acids is 1. The molecule has 2 N–H and O–H groups in total. The van der Waals surface area contributed by atoms with Crippen LogP contribution in [0.3, 0.4) is 0 Å². The van der Waals surface area contributed by atoms with Crippen LogP contribution in [0.15, 0.2) is 36.4 Å². The molecule has 1 atom stereocenters. The van der Waals surface area contributed by atoms with Gasteiger partial charge in [-0.1, -0.05) is 35.3 Å². The highest BCUT2D eigenvalue weighted by molar-refractivity contribution is 6.42. The van der Waals surface area contributed by atoms with Crippen LogP contribution in [0.2, 0.25) is 10.0 Å². The summed E-state index contributed by atoms with van der Waals surface area (Å²) >= 11 is 11.9. The van der Waals surface area contributed by atoms with Crippen LogP contribution in [-0.4, -0.2) is 24.4 Å². The molecule has 0 aromatic heterocycles. The van der Waals surface area contributed by atoms with Gasteiger partial charge in [-0.15, -0.1) is 0 Å². The summed E-state index contributed by atoms with van der Waals surface area (Å²) in [6, 6.07) is 9.74. The lowest BCUT2D eigenvalue weighted by molar-refractivity contribution is -0.885. The van der Waals surface area contributed by atoms with Crippen LogP contribution in [-0.2, 0) is 11.3 Å². The fraction of sp³-hybridized carbons (Fsp3) is 0.235. The summed E-state index contributed by atoms with van der Waals surface area (Å²) in [7, 11) is 1.88. The average Bonchev–Trinajstić information content (AvgIpc) is 2.52. The first kappa shape index (κ1) is 19.2. The van der Waals surface area contributed by atoms with Crippen molar-refractivity contribution in [3.63, 3.8) is 0 Å². The number of non-ortho nitro benzene ring substituents is 1. The molecule has 0 fully saturated rings. The summed E-state index contributed by atoms with van der Waals surface area (Å²) in [4.78, 5) is 23.5. The SMILES string of the molecule is Cc1ccc([N+](=O)[O-])cc1NC(=O)C[NH+](C)Cc1ccc(Cl)c(Cl)c1. The average molecular weight is 383 g/mol. The smallest absolute Gasteiger partial charge is 0.279 e. The number of hydrogen-bond acceptors (Lipinski definition) is 3. The summed E-state index contributed by atoms with van der Waals surface area (Å²) in [5.74, 6) is -0.221. The number of hydrogen-bond donors (Lipinski definition) is 2. The van der Waals surface area contributed by atoms with Gasteiger partial charge in [-0.2, -0.15) is 0 Å². The number of nitrogens with zero attached hydrogens (tertiary/aromatic N) is 1. The number of aryl methyl sites for hydroxylation is 1. The number of carbonyl (C=O) groups is 1. The van der Waals surface area contributed by atoms with E-state index >= 15 is 0 Å². The zero-order chi connectivity index (χ0) is 18.6. The Morgan fingerprint density at radius 2 is 1.92 bits per heavy atom. The van der Waals surface area contributed by atoms with E-state index in [0.717, 1.165) is 16.0 Å². The highest BCUT2D eigenvalue weighted by Crippen LogP contribution is 2.22. The summed E-state index contributed by atoms with van der Waals surface area (Å²) < 4.78 is 0. The number of halogens is 2. The number of anilines is 1. The molecule has 0 bridgehead atoms. The van der Waals surface area contributed by atoms with Gasteiger partial charge in [0.05, 0.1) is 27.7 Å². The lowest BCUT2D eigenvalue weighted by Gasteiger charge is -2.15. The Bertz CT molecular complexity index is 812.